The summed E-state index contributed by atoms with van der Waals surface area (Å²) in [6, 6.07) is 5.18. The first kappa shape index (κ1) is 15.4. The summed E-state index contributed by atoms with van der Waals surface area (Å²) in [6.45, 7) is 5.62. The summed E-state index contributed by atoms with van der Waals surface area (Å²) in [5.41, 5.74) is 1.31. The van der Waals surface area contributed by atoms with E-state index in [2.05, 4.69) is 30.6 Å². The van der Waals surface area contributed by atoms with Gasteiger partial charge in [0.05, 0.1) is 5.69 Å². The van der Waals surface area contributed by atoms with Crippen LogP contribution in [0.15, 0.2) is 26.3 Å². The molecule has 0 amide bonds. The molecule has 0 radical (unpaired) electrons. The molecular weight excluding hydrogens is 362 g/mol. The largest absolute Gasteiger partial charge is 0.274 e. The Hall–Kier alpha value is -0.990. The van der Waals surface area contributed by atoms with Crippen molar-refractivity contribution >= 4 is 43.1 Å². The third-order valence-corrected chi connectivity index (χ3v) is 5.91. The van der Waals surface area contributed by atoms with E-state index in [9.17, 15) is 8.42 Å². The van der Waals surface area contributed by atoms with Crippen molar-refractivity contribution in [1.82, 2.24) is 9.97 Å². The summed E-state index contributed by atoms with van der Waals surface area (Å²) in [5, 5.41) is 0. The SMILES string of the molecule is Cc1cccc(NS(=O)(=O)c2sc(Br)nc2C(C)C)n1. The van der Waals surface area contributed by atoms with Crippen molar-refractivity contribution in [2.45, 2.75) is 30.9 Å². The summed E-state index contributed by atoms with van der Waals surface area (Å²) in [6.07, 6.45) is 0. The average Bonchev–Trinajstić information content (AvgIpc) is 2.72. The summed E-state index contributed by atoms with van der Waals surface area (Å²) >= 11 is 4.34. The van der Waals surface area contributed by atoms with Gasteiger partial charge >= 0.3 is 0 Å². The van der Waals surface area contributed by atoms with Gasteiger partial charge < -0.3 is 0 Å². The molecule has 0 aliphatic rings. The van der Waals surface area contributed by atoms with E-state index in [1.165, 1.54) is 0 Å². The highest BCUT2D eigenvalue weighted by Gasteiger charge is 2.25. The third-order valence-electron chi connectivity index (χ3n) is 2.51. The molecule has 5 nitrogen and oxygen atoms in total. The number of hydrogen-bond acceptors (Lipinski definition) is 5. The average molecular weight is 376 g/mol. The van der Waals surface area contributed by atoms with Gasteiger partial charge in [0, 0.05) is 5.69 Å². The first-order chi connectivity index (χ1) is 9.29. The number of aryl methyl sites for hydroxylation is 1. The minimum Gasteiger partial charge on any atom is -0.263 e. The molecule has 0 aliphatic carbocycles. The van der Waals surface area contributed by atoms with Gasteiger partial charge in [-0.15, -0.1) is 0 Å². The minimum absolute atomic E-state index is 0.0228. The van der Waals surface area contributed by atoms with Crippen LogP contribution < -0.4 is 4.72 Å². The highest BCUT2D eigenvalue weighted by Crippen LogP contribution is 2.33. The van der Waals surface area contributed by atoms with Crippen LogP contribution in [-0.4, -0.2) is 18.4 Å². The normalized spacial score (nSPS) is 11.8. The van der Waals surface area contributed by atoms with Gasteiger partial charge in [-0.3, -0.25) is 4.72 Å². The summed E-state index contributed by atoms with van der Waals surface area (Å²) in [5.74, 6) is 0.332. The molecule has 0 aliphatic heterocycles. The highest BCUT2D eigenvalue weighted by molar-refractivity contribution is 9.11. The Kier molecular flexibility index (Phi) is 4.46. The first-order valence-corrected chi connectivity index (χ1v) is 9.01. The Labute approximate surface area is 130 Å². The van der Waals surface area contributed by atoms with Crippen LogP contribution in [0, 0.1) is 6.92 Å². The van der Waals surface area contributed by atoms with Gasteiger partial charge in [-0.1, -0.05) is 31.3 Å². The second-order valence-electron chi connectivity index (χ2n) is 4.56. The Balaban J connectivity index is 2.41. The van der Waals surface area contributed by atoms with E-state index in [1.54, 1.807) is 25.1 Å². The number of nitrogens with one attached hydrogen (secondary N) is 1. The van der Waals surface area contributed by atoms with E-state index < -0.39 is 10.0 Å². The van der Waals surface area contributed by atoms with Crippen molar-refractivity contribution in [3.8, 4) is 0 Å². The maximum absolute atomic E-state index is 12.4. The molecule has 0 saturated heterocycles. The molecule has 0 unspecified atom stereocenters. The Morgan fingerprint density at radius 2 is 2.00 bits per heavy atom. The molecule has 0 spiro atoms. The van der Waals surface area contributed by atoms with Crippen molar-refractivity contribution in [2.24, 2.45) is 0 Å². The van der Waals surface area contributed by atoms with Crippen LogP contribution >= 0.6 is 27.3 Å². The van der Waals surface area contributed by atoms with E-state index in [-0.39, 0.29) is 10.1 Å². The van der Waals surface area contributed by atoms with E-state index in [0.717, 1.165) is 17.0 Å². The van der Waals surface area contributed by atoms with Gasteiger partial charge in [-0.25, -0.2) is 18.4 Å². The molecule has 1 N–H and O–H groups in total. The minimum atomic E-state index is -3.67. The van der Waals surface area contributed by atoms with E-state index in [4.69, 9.17) is 0 Å². The lowest BCUT2D eigenvalue weighted by Gasteiger charge is -2.09. The van der Waals surface area contributed by atoms with Crippen LogP contribution in [0.25, 0.3) is 0 Å². The molecule has 2 aromatic heterocycles. The molecule has 2 heterocycles. The van der Waals surface area contributed by atoms with Crippen LogP contribution in [0.5, 0.6) is 0 Å². The third kappa shape index (κ3) is 3.36. The van der Waals surface area contributed by atoms with E-state index in [1.807, 2.05) is 13.8 Å². The van der Waals surface area contributed by atoms with Crippen molar-refractivity contribution < 1.29 is 8.42 Å². The lowest BCUT2D eigenvalue weighted by molar-refractivity contribution is 0.600. The maximum atomic E-state index is 12.4. The lowest BCUT2D eigenvalue weighted by atomic mass is 10.2. The smallest absolute Gasteiger partial charge is 0.263 e. The van der Waals surface area contributed by atoms with Gasteiger partial charge in [0.15, 0.2) is 8.13 Å². The number of hydrogen-bond donors (Lipinski definition) is 1. The molecular formula is C12H14BrN3O2S2. The zero-order valence-electron chi connectivity index (χ0n) is 11.2. The number of rotatable bonds is 4. The van der Waals surface area contributed by atoms with Crippen LogP contribution in [0.4, 0.5) is 5.82 Å². The monoisotopic (exact) mass is 375 g/mol. The molecule has 0 saturated carbocycles. The van der Waals surface area contributed by atoms with Gasteiger partial charge in [-0.05, 0) is 40.9 Å². The predicted molar refractivity (Wildman–Crippen MR) is 83.7 cm³/mol. The zero-order chi connectivity index (χ0) is 14.9. The summed E-state index contributed by atoms with van der Waals surface area (Å²) in [7, 11) is -3.67. The first-order valence-electron chi connectivity index (χ1n) is 5.92. The molecule has 2 rings (SSSR count). The van der Waals surface area contributed by atoms with Crippen molar-refractivity contribution in [3.63, 3.8) is 0 Å². The number of sulfonamides is 1. The second-order valence-corrected chi connectivity index (χ2v) is 8.72. The van der Waals surface area contributed by atoms with E-state index >= 15 is 0 Å². The molecule has 0 atom stereocenters. The Morgan fingerprint density at radius 1 is 1.30 bits per heavy atom. The zero-order valence-corrected chi connectivity index (χ0v) is 14.4. The Bertz CT molecular complexity index is 726. The number of aromatic nitrogens is 2. The molecule has 108 valence electrons. The fourth-order valence-corrected chi connectivity index (χ4v) is 5.15. The van der Waals surface area contributed by atoms with Gasteiger partial charge in [0.25, 0.3) is 10.0 Å². The van der Waals surface area contributed by atoms with E-state index in [0.29, 0.717) is 15.4 Å². The van der Waals surface area contributed by atoms with Crippen LogP contribution in [0.1, 0.15) is 31.2 Å². The molecule has 2 aromatic rings. The topological polar surface area (TPSA) is 72.0 Å². The number of pyridine rings is 1. The predicted octanol–water partition coefficient (Wildman–Crippen LogP) is 3.53. The second kappa shape index (κ2) is 5.79. The molecule has 0 bridgehead atoms. The molecule has 20 heavy (non-hydrogen) atoms. The lowest BCUT2D eigenvalue weighted by Crippen LogP contribution is -2.15. The summed E-state index contributed by atoms with van der Waals surface area (Å²) < 4.78 is 28.2. The van der Waals surface area contributed by atoms with Gasteiger partial charge in [-0.2, -0.15) is 0 Å². The van der Waals surface area contributed by atoms with Crippen molar-refractivity contribution in [2.75, 3.05) is 4.72 Å². The standard InChI is InChI=1S/C12H14BrN3O2S2/c1-7(2)10-11(19-12(13)15-10)20(17,18)16-9-6-4-5-8(3)14-9/h4-7H,1-3H3,(H,14,16). The number of halogens is 1. The Morgan fingerprint density at radius 3 is 2.60 bits per heavy atom. The van der Waals surface area contributed by atoms with Crippen LogP contribution in [-0.2, 0) is 10.0 Å². The molecule has 0 aromatic carbocycles. The number of nitrogens with zero attached hydrogens (tertiary/aromatic N) is 2. The van der Waals surface area contributed by atoms with Crippen molar-refractivity contribution in [3.05, 3.63) is 33.5 Å². The van der Waals surface area contributed by atoms with Crippen LogP contribution in [0.2, 0.25) is 0 Å². The van der Waals surface area contributed by atoms with Gasteiger partial charge in [0.2, 0.25) is 0 Å². The number of anilines is 1. The number of thiazole rings is 1. The molecule has 0 fully saturated rings. The fourth-order valence-electron chi connectivity index (χ4n) is 1.63. The highest BCUT2D eigenvalue weighted by atomic mass is 79.9. The van der Waals surface area contributed by atoms with Crippen LogP contribution in [0.3, 0.4) is 0 Å². The fraction of sp³-hybridized carbons (Fsp3) is 0.333. The van der Waals surface area contributed by atoms with Crippen molar-refractivity contribution in [1.29, 1.82) is 0 Å². The quantitative estimate of drug-likeness (QED) is 0.886. The maximum Gasteiger partial charge on any atom is 0.274 e. The van der Waals surface area contributed by atoms with Gasteiger partial charge in [0.1, 0.15) is 5.82 Å². The summed E-state index contributed by atoms with van der Waals surface area (Å²) in [4.78, 5) is 8.38. The molecule has 8 heteroatoms.